The van der Waals surface area contributed by atoms with Gasteiger partial charge in [-0.15, -0.1) is 11.3 Å². The van der Waals surface area contributed by atoms with Gasteiger partial charge in [0.25, 0.3) is 0 Å². The third kappa shape index (κ3) is 4.54. The highest BCUT2D eigenvalue weighted by Crippen LogP contribution is 2.24. The molecule has 5 heteroatoms. The molecule has 0 amide bonds. The first-order valence-electron chi connectivity index (χ1n) is 8.05. The van der Waals surface area contributed by atoms with Crippen LogP contribution in [-0.2, 0) is 11.3 Å². The van der Waals surface area contributed by atoms with Crippen molar-refractivity contribution in [2.24, 2.45) is 0 Å². The molecule has 4 nitrogen and oxygen atoms in total. The van der Waals surface area contributed by atoms with Crippen LogP contribution in [0.5, 0.6) is 5.75 Å². The van der Waals surface area contributed by atoms with Crippen molar-refractivity contribution in [2.45, 2.75) is 12.6 Å². The summed E-state index contributed by atoms with van der Waals surface area (Å²) in [5.74, 6) is 0.904. The zero-order valence-corrected chi connectivity index (χ0v) is 14.3. The Balaban J connectivity index is 1.66. The Kier molecular flexibility index (Phi) is 6.05. The zero-order valence-electron chi connectivity index (χ0n) is 13.5. The van der Waals surface area contributed by atoms with E-state index in [1.54, 1.807) is 18.4 Å². The predicted octanol–water partition coefficient (Wildman–Crippen LogP) is 2.92. The van der Waals surface area contributed by atoms with Gasteiger partial charge in [-0.1, -0.05) is 18.2 Å². The molecule has 0 radical (unpaired) electrons. The summed E-state index contributed by atoms with van der Waals surface area (Å²) in [6, 6.07) is 13.1. The molecule has 0 aliphatic carbocycles. The van der Waals surface area contributed by atoms with Crippen molar-refractivity contribution in [3.63, 3.8) is 0 Å². The van der Waals surface area contributed by atoms with E-state index in [9.17, 15) is 0 Å². The summed E-state index contributed by atoms with van der Waals surface area (Å²) in [4.78, 5) is 3.88. The fourth-order valence-corrected chi connectivity index (χ4v) is 3.59. The molecule has 0 bridgehead atoms. The molecule has 2 aromatic rings. The molecule has 1 N–H and O–H groups in total. The van der Waals surface area contributed by atoms with Gasteiger partial charge < -0.3 is 14.8 Å². The van der Waals surface area contributed by atoms with Crippen molar-refractivity contribution in [3.05, 3.63) is 52.2 Å². The van der Waals surface area contributed by atoms with Crippen LogP contribution in [0.3, 0.4) is 0 Å². The van der Waals surface area contributed by atoms with Crippen molar-refractivity contribution in [1.29, 1.82) is 0 Å². The minimum atomic E-state index is 0.366. The lowest BCUT2D eigenvalue weighted by atomic mass is 10.0. The quantitative estimate of drug-likeness (QED) is 0.845. The number of methoxy groups -OCH3 is 1. The Labute approximate surface area is 142 Å². The Morgan fingerprint density at radius 1 is 1.22 bits per heavy atom. The minimum Gasteiger partial charge on any atom is -0.497 e. The van der Waals surface area contributed by atoms with Gasteiger partial charge in [-0.25, -0.2) is 0 Å². The summed E-state index contributed by atoms with van der Waals surface area (Å²) >= 11 is 1.80. The van der Waals surface area contributed by atoms with Crippen molar-refractivity contribution in [2.75, 3.05) is 40.0 Å². The van der Waals surface area contributed by atoms with Gasteiger partial charge in [-0.3, -0.25) is 4.90 Å². The third-order valence-electron chi connectivity index (χ3n) is 4.20. The molecule has 1 atom stereocenters. The standard InChI is InChI=1S/C18H24N2O2S/c1-21-16-6-4-15(5-7-16)18(20-8-10-22-11-9-20)14-19-13-17-3-2-12-23-17/h2-7,12,18-19H,8-11,13-14H2,1H3. The third-order valence-corrected chi connectivity index (χ3v) is 5.08. The van der Waals surface area contributed by atoms with E-state index in [1.165, 1.54) is 10.4 Å². The van der Waals surface area contributed by atoms with Crippen LogP contribution in [-0.4, -0.2) is 44.9 Å². The normalized spacial score (nSPS) is 17.1. The van der Waals surface area contributed by atoms with E-state index in [2.05, 4.69) is 39.9 Å². The van der Waals surface area contributed by atoms with E-state index in [0.29, 0.717) is 6.04 Å². The van der Waals surface area contributed by atoms with Gasteiger partial charge in [0, 0.05) is 37.1 Å². The summed E-state index contributed by atoms with van der Waals surface area (Å²) in [7, 11) is 1.71. The average Bonchev–Trinajstić information content (AvgIpc) is 3.13. The molecule has 1 saturated heterocycles. The number of hydrogen-bond acceptors (Lipinski definition) is 5. The smallest absolute Gasteiger partial charge is 0.118 e. The highest BCUT2D eigenvalue weighted by molar-refractivity contribution is 7.09. The molecule has 3 rings (SSSR count). The summed E-state index contributed by atoms with van der Waals surface area (Å²) in [5.41, 5.74) is 1.33. The number of morpholine rings is 1. The largest absolute Gasteiger partial charge is 0.497 e. The first-order valence-corrected chi connectivity index (χ1v) is 8.93. The SMILES string of the molecule is COc1ccc(C(CNCc2cccs2)N2CCOCC2)cc1. The maximum absolute atomic E-state index is 5.51. The maximum atomic E-state index is 5.51. The average molecular weight is 332 g/mol. The number of nitrogens with one attached hydrogen (secondary N) is 1. The molecule has 2 heterocycles. The van der Waals surface area contributed by atoms with Crippen molar-refractivity contribution in [3.8, 4) is 5.75 Å². The monoisotopic (exact) mass is 332 g/mol. The van der Waals surface area contributed by atoms with E-state index in [-0.39, 0.29) is 0 Å². The van der Waals surface area contributed by atoms with Crippen molar-refractivity contribution in [1.82, 2.24) is 10.2 Å². The van der Waals surface area contributed by atoms with Crippen LogP contribution >= 0.6 is 11.3 Å². The van der Waals surface area contributed by atoms with E-state index in [0.717, 1.165) is 45.1 Å². The Bertz CT molecular complexity index is 565. The van der Waals surface area contributed by atoms with Crippen LogP contribution in [0.15, 0.2) is 41.8 Å². The highest BCUT2D eigenvalue weighted by atomic mass is 32.1. The lowest BCUT2D eigenvalue weighted by molar-refractivity contribution is 0.0161. The Hall–Kier alpha value is -1.40. The van der Waals surface area contributed by atoms with Gasteiger partial charge in [-0.2, -0.15) is 0 Å². The summed E-state index contributed by atoms with van der Waals surface area (Å²) in [5, 5.41) is 5.73. The van der Waals surface area contributed by atoms with E-state index >= 15 is 0 Å². The second kappa shape index (κ2) is 8.45. The lowest BCUT2D eigenvalue weighted by Gasteiger charge is -2.35. The number of nitrogens with zero attached hydrogens (tertiary/aromatic N) is 1. The van der Waals surface area contributed by atoms with Crippen LogP contribution in [0, 0.1) is 0 Å². The molecular formula is C18H24N2O2S. The van der Waals surface area contributed by atoms with Crippen LogP contribution < -0.4 is 10.1 Å². The van der Waals surface area contributed by atoms with Gasteiger partial charge in [0.2, 0.25) is 0 Å². The van der Waals surface area contributed by atoms with Crippen LogP contribution in [0.1, 0.15) is 16.5 Å². The van der Waals surface area contributed by atoms with Gasteiger partial charge in [-0.05, 0) is 29.1 Å². The highest BCUT2D eigenvalue weighted by Gasteiger charge is 2.22. The molecule has 1 fully saturated rings. The lowest BCUT2D eigenvalue weighted by Crippen LogP contribution is -2.42. The van der Waals surface area contributed by atoms with E-state index in [1.807, 2.05) is 12.1 Å². The van der Waals surface area contributed by atoms with Gasteiger partial charge in [0.05, 0.1) is 20.3 Å². The zero-order chi connectivity index (χ0) is 15.9. The number of hydrogen-bond donors (Lipinski definition) is 1. The predicted molar refractivity (Wildman–Crippen MR) is 94.2 cm³/mol. The van der Waals surface area contributed by atoms with Crippen LogP contribution in [0.4, 0.5) is 0 Å². The van der Waals surface area contributed by atoms with E-state index in [4.69, 9.17) is 9.47 Å². The fraction of sp³-hybridized carbons (Fsp3) is 0.444. The molecule has 0 saturated carbocycles. The number of ether oxygens (including phenoxy) is 2. The summed E-state index contributed by atoms with van der Waals surface area (Å²) < 4.78 is 10.8. The molecule has 23 heavy (non-hydrogen) atoms. The fourth-order valence-electron chi connectivity index (χ4n) is 2.92. The maximum Gasteiger partial charge on any atom is 0.118 e. The molecule has 1 unspecified atom stereocenters. The van der Waals surface area contributed by atoms with E-state index < -0.39 is 0 Å². The van der Waals surface area contributed by atoms with Gasteiger partial charge in [0.15, 0.2) is 0 Å². The topological polar surface area (TPSA) is 33.7 Å². The first-order chi connectivity index (χ1) is 11.4. The van der Waals surface area contributed by atoms with Gasteiger partial charge >= 0.3 is 0 Å². The second-order valence-corrected chi connectivity index (χ2v) is 6.68. The van der Waals surface area contributed by atoms with Crippen LogP contribution in [0.25, 0.3) is 0 Å². The molecule has 1 aliphatic rings. The molecule has 1 aromatic heterocycles. The first kappa shape index (κ1) is 16.5. The van der Waals surface area contributed by atoms with Crippen LogP contribution in [0.2, 0.25) is 0 Å². The summed E-state index contributed by atoms with van der Waals surface area (Å²) in [6.07, 6.45) is 0. The van der Waals surface area contributed by atoms with Gasteiger partial charge in [0.1, 0.15) is 5.75 Å². The minimum absolute atomic E-state index is 0.366. The Morgan fingerprint density at radius 3 is 2.65 bits per heavy atom. The summed E-state index contributed by atoms with van der Waals surface area (Å²) in [6.45, 7) is 5.46. The Morgan fingerprint density at radius 2 is 2.00 bits per heavy atom. The van der Waals surface area contributed by atoms with Crippen molar-refractivity contribution >= 4 is 11.3 Å². The number of thiophene rings is 1. The second-order valence-electron chi connectivity index (χ2n) is 5.65. The molecule has 1 aromatic carbocycles. The number of benzene rings is 1. The molecule has 1 aliphatic heterocycles. The molecule has 0 spiro atoms. The van der Waals surface area contributed by atoms with Crippen molar-refractivity contribution < 1.29 is 9.47 Å². The molecular weight excluding hydrogens is 308 g/mol. The molecule has 124 valence electrons. The number of rotatable bonds is 7.